The molecular formula is C14H10BrF4NO. The Kier molecular flexibility index (Phi) is 4.53. The summed E-state index contributed by atoms with van der Waals surface area (Å²) in [6.45, 7) is 0. The SMILES string of the molecule is COc1cc(F)c(Br)cc1C(N)c1cc(F)c(F)c(F)c1. The van der Waals surface area contributed by atoms with E-state index < -0.39 is 29.3 Å². The standard InChI is InChI=1S/C14H10BrF4NO/c1-21-12-5-9(16)8(15)4-7(12)14(20)6-2-10(17)13(19)11(18)3-6/h2-5,14H,20H2,1H3. The van der Waals surface area contributed by atoms with E-state index in [1.807, 2.05) is 0 Å². The van der Waals surface area contributed by atoms with Crippen molar-refractivity contribution in [3.05, 3.63) is 63.1 Å². The number of rotatable bonds is 3. The van der Waals surface area contributed by atoms with Crippen LogP contribution in [-0.4, -0.2) is 7.11 Å². The Labute approximate surface area is 126 Å². The van der Waals surface area contributed by atoms with E-state index in [4.69, 9.17) is 10.5 Å². The van der Waals surface area contributed by atoms with Crippen molar-refractivity contribution in [3.63, 3.8) is 0 Å². The van der Waals surface area contributed by atoms with Crippen molar-refractivity contribution in [1.29, 1.82) is 0 Å². The summed E-state index contributed by atoms with van der Waals surface area (Å²) < 4.78 is 58.1. The molecule has 21 heavy (non-hydrogen) atoms. The van der Waals surface area contributed by atoms with E-state index in [0.717, 1.165) is 18.2 Å². The summed E-state index contributed by atoms with van der Waals surface area (Å²) in [5, 5.41) is 0. The van der Waals surface area contributed by atoms with E-state index in [0.29, 0.717) is 5.56 Å². The first-order valence-corrected chi connectivity index (χ1v) is 6.57. The Hall–Kier alpha value is -1.60. The predicted molar refractivity (Wildman–Crippen MR) is 73.0 cm³/mol. The maximum absolute atomic E-state index is 13.5. The third kappa shape index (κ3) is 3.03. The number of halogens is 5. The highest BCUT2D eigenvalue weighted by Crippen LogP contribution is 2.33. The summed E-state index contributed by atoms with van der Waals surface area (Å²) in [4.78, 5) is 0. The van der Waals surface area contributed by atoms with Crippen LogP contribution in [0.25, 0.3) is 0 Å². The van der Waals surface area contributed by atoms with Crippen LogP contribution in [0, 0.1) is 23.3 Å². The molecule has 112 valence electrons. The van der Waals surface area contributed by atoms with Gasteiger partial charge in [-0.25, -0.2) is 17.6 Å². The van der Waals surface area contributed by atoms with Crippen molar-refractivity contribution in [2.45, 2.75) is 6.04 Å². The maximum atomic E-state index is 13.5. The number of nitrogens with two attached hydrogens (primary N) is 1. The highest BCUT2D eigenvalue weighted by molar-refractivity contribution is 9.10. The molecular weight excluding hydrogens is 354 g/mol. The smallest absolute Gasteiger partial charge is 0.194 e. The lowest BCUT2D eigenvalue weighted by molar-refractivity contribution is 0.403. The predicted octanol–water partition coefficient (Wildman–Crippen LogP) is 4.06. The average Bonchev–Trinajstić information content (AvgIpc) is 2.45. The molecule has 7 heteroatoms. The summed E-state index contributed by atoms with van der Waals surface area (Å²) in [6, 6.07) is 3.01. The summed E-state index contributed by atoms with van der Waals surface area (Å²) >= 11 is 3.00. The minimum atomic E-state index is -1.57. The monoisotopic (exact) mass is 363 g/mol. The van der Waals surface area contributed by atoms with Crippen LogP contribution < -0.4 is 10.5 Å². The highest BCUT2D eigenvalue weighted by atomic mass is 79.9. The third-order valence-corrected chi connectivity index (χ3v) is 3.58. The molecule has 0 aromatic heterocycles. The van der Waals surface area contributed by atoms with Crippen LogP contribution in [0.1, 0.15) is 17.2 Å². The third-order valence-electron chi connectivity index (χ3n) is 2.97. The van der Waals surface area contributed by atoms with Crippen molar-refractivity contribution >= 4 is 15.9 Å². The van der Waals surface area contributed by atoms with Crippen molar-refractivity contribution in [3.8, 4) is 5.75 Å². The van der Waals surface area contributed by atoms with Gasteiger partial charge in [-0.05, 0) is 39.7 Å². The molecule has 0 spiro atoms. The number of hydrogen-bond donors (Lipinski definition) is 1. The number of hydrogen-bond acceptors (Lipinski definition) is 2. The molecule has 2 rings (SSSR count). The van der Waals surface area contributed by atoms with Crippen molar-refractivity contribution in [2.24, 2.45) is 5.73 Å². The molecule has 2 aromatic rings. The van der Waals surface area contributed by atoms with Crippen LogP contribution in [0.15, 0.2) is 28.7 Å². The fourth-order valence-electron chi connectivity index (χ4n) is 1.90. The minimum absolute atomic E-state index is 0.00297. The molecule has 0 heterocycles. The summed E-state index contributed by atoms with van der Waals surface area (Å²) in [5.41, 5.74) is 6.23. The van der Waals surface area contributed by atoms with Gasteiger partial charge in [0.2, 0.25) is 0 Å². The molecule has 1 unspecified atom stereocenters. The first-order valence-electron chi connectivity index (χ1n) is 5.78. The Bertz CT molecular complexity index is 670. The van der Waals surface area contributed by atoms with E-state index in [9.17, 15) is 17.6 Å². The fourth-order valence-corrected chi connectivity index (χ4v) is 2.26. The molecule has 0 amide bonds. The molecule has 0 saturated heterocycles. The van der Waals surface area contributed by atoms with Crippen LogP contribution in [-0.2, 0) is 0 Å². The van der Waals surface area contributed by atoms with Crippen molar-refractivity contribution in [2.75, 3.05) is 7.11 Å². The zero-order chi connectivity index (χ0) is 15.7. The lowest BCUT2D eigenvalue weighted by atomic mass is 9.98. The number of methoxy groups -OCH3 is 1. The molecule has 0 aliphatic carbocycles. The molecule has 0 saturated carbocycles. The van der Waals surface area contributed by atoms with Gasteiger partial charge in [0.15, 0.2) is 17.5 Å². The zero-order valence-corrected chi connectivity index (χ0v) is 12.3. The van der Waals surface area contributed by atoms with E-state index in [1.165, 1.54) is 13.2 Å². The van der Waals surface area contributed by atoms with Gasteiger partial charge in [-0.15, -0.1) is 0 Å². The molecule has 0 aliphatic heterocycles. The van der Waals surface area contributed by atoms with E-state index in [2.05, 4.69) is 15.9 Å². The van der Waals surface area contributed by atoms with Crippen LogP contribution in [0.4, 0.5) is 17.6 Å². The summed E-state index contributed by atoms with van der Waals surface area (Å²) in [5.74, 6) is -4.72. The molecule has 2 N–H and O–H groups in total. The average molecular weight is 364 g/mol. The van der Waals surface area contributed by atoms with Gasteiger partial charge in [0.1, 0.15) is 11.6 Å². The highest BCUT2D eigenvalue weighted by Gasteiger charge is 2.20. The molecule has 1 atom stereocenters. The lowest BCUT2D eigenvalue weighted by Crippen LogP contribution is -2.14. The zero-order valence-electron chi connectivity index (χ0n) is 10.8. The van der Waals surface area contributed by atoms with Gasteiger partial charge in [0.25, 0.3) is 0 Å². The Morgan fingerprint density at radius 2 is 1.57 bits per heavy atom. The number of ether oxygens (including phenoxy) is 1. The van der Waals surface area contributed by atoms with Crippen LogP contribution in [0.2, 0.25) is 0 Å². The Morgan fingerprint density at radius 1 is 1.00 bits per heavy atom. The second-order valence-corrected chi connectivity index (χ2v) is 5.14. The molecule has 0 aliphatic rings. The maximum Gasteiger partial charge on any atom is 0.194 e. The molecule has 2 aromatic carbocycles. The van der Waals surface area contributed by atoms with Crippen molar-refractivity contribution in [1.82, 2.24) is 0 Å². The van der Waals surface area contributed by atoms with Gasteiger partial charge < -0.3 is 10.5 Å². The molecule has 0 bridgehead atoms. The number of benzene rings is 2. The topological polar surface area (TPSA) is 35.2 Å². The fraction of sp³-hybridized carbons (Fsp3) is 0.143. The van der Waals surface area contributed by atoms with E-state index in [-0.39, 0.29) is 15.8 Å². The van der Waals surface area contributed by atoms with E-state index in [1.54, 1.807) is 0 Å². The Morgan fingerprint density at radius 3 is 2.10 bits per heavy atom. The quantitative estimate of drug-likeness (QED) is 0.659. The molecule has 0 fully saturated rings. The Balaban J connectivity index is 2.54. The first kappa shape index (κ1) is 15.8. The minimum Gasteiger partial charge on any atom is -0.496 e. The van der Waals surface area contributed by atoms with Crippen molar-refractivity contribution < 1.29 is 22.3 Å². The second kappa shape index (κ2) is 6.03. The van der Waals surface area contributed by atoms with Gasteiger partial charge in [-0.1, -0.05) is 0 Å². The molecule has 2 nitrogen and oxygen atoms in total. The van der Waals surface area contributed by atoms with Gasteiger partial charge in [0.05, 0.1) is 17.6 Å². The van der Waals surface area contributed by atoms with Crippen LogP contribution in [0.5, 0.6) is 5.75 Å². The van der Waals surface area contributed by atoms with Gasteiger partial charge in [-0.2, -0.15) is 0 Å². The van der Waals surface area contributed by atoms with Crippen LogP contribution >= 0.6 is 15.9 Å². The van der Waals surface area contributed by atoms with Crippen LogP contribution in [0.3, 0.4) is 0 Å². The lowest BCUT2D eigenvalue weighted by Gasteiger charge is -2.17. The van der Waals surface area contributed by atoms with Gasteiger partial charge in [0, 0.05) is 11.6 Å². The molecule has 0 radical (unpaired) electrons. The summed E-state index contributed by atoms with van der Waals surface area (Å²) in [6.07, 6.45) is 0. The van der Waals surface area contributed by atoms with Gasteiger partial charge in [-0.3, -0.25) is 0 Å². The first-order chi connectivity index (χ1) is 9.85. The summed E-state index contributed by atoms with van der Waals surface area (Å²) in [7, 11) is 1.31. The van der Waals surface area contributed by atoms with E-state index >= 15 is 0 Å². The normalized spacial score (nSPS) is 12.3. The largest absolute Gasteiger partial charge is 0.496 e. The van der Waals surface area contributed by atoms with Gasteiger partial charge >= 0.3 is 0 Å². The second-order valence-electron chi connectivity index (χ2n) is 4.28.